The van der Waals surface area contributed by atoms with Crippen molar-refractivity contribution in [1.82, 2.24) is 30.3 Å². The number of aromatic nitrogens is 5. The number of hydrogen-bond donors (Lipinski definition) is 1. The number of ether oxygens (including phenoxy) is 2. The highest BCUT2D eigenvalue weighted by Crippen LogP contribution is 2.32. The van der Waals surface area contributed by atoms with Gasteiger partial charge >= 0.3 is 0 Å². The first kappa shape index (κ1) is 16.6. The standard InChI is InChI=1S/C16H16N6O3S/c1-2-22-15-14(20-21-22)16(19-8-18-15)26-7-13(23)17-6-10-3-4-11-12(5-10)25-9-24-11/h3-5,8H,2,6-7,9H2,1H3,(H,17,23). The third-order valence-corrected chi connectivity index (χ3v) is 4.81. The molecular formula is C16H16N6O3S. The van der Waals surface area contributed by atoms with E-state index in [4.69, 9.17) is 9.47 Å². The molecular weight excluding hydrogens is 356 g/mol. The van der Waals surface area contributed by atoms with E-state index >= 15 is 0 Å². The van der Waals surface area contributed by atoms with Crippen molar-refractivity contribution < 1.29 is 14.3 Å². The Hall–Kier alpha value is -2.88. The van der Waals surface area contributed by atoms with Crippen molar-refractivity contribution in [1.29, 1.82) is 0 Å². The number of amides is 1. The van der Waals surface area contributed by atoms with E-state index < -0.39 is 0 Å². The van der Waals surface area contributed by atoms with Gasteiger partial charge in [0.2, 0.25) is 12.7 Å². The van der Waals surface area contributed by atoms with Crippen molar-refractivity contribution >= 4 is 28.8 Å². The molecule has 1 aliphatic heterocycles. The SMILES string of the molecule is CCn1nnc2c(SCC(=O)NCc3ccc4c(c3)OCO4)ncnc21. The Balaban J connectivity index is 1.35. The van der Waals surface area contributed by atoms with Gasteiger partial charge in [-0.1, -0.05) is 23.0 Å². The molecule has 1 amide bonds. The summed E-state index contributed by atoms with van der Waals surface area (Å²) in [5.74, 6) is 1.56. The lowest BCUT2D eigenvalue weighted by atomic mass is 10.2. The molecule has 10 heteroatoms. The predicted molar refractivity (Wildman–Crippen MR) is 93.9 cm³/mol. The van der Waals surface area contributed by atoms with Crippen LogP contribution < -0.4 is 14.8 Å². The van der Waals surface area contributed by atoms with Crippen molar-refractivity contribution in [3.63, 3.8) is 0 Å². The zero-order valence-electron chi connectivity index (χ0n) is 14.0. The summed E-state index contributed by atoms with van der Waals surface area (Å²) in [4.78, 5) is 20.6. The van der Waals surface area contributed by atoms with Crippen molar-refractivity contribution in [2.75, 3.05) is 12.5 Å². The van der Waals surface area contributed by atoms with Gasteiger partial charge < -0.3 is 14.8 Å². The van der Waals surface area contributed by atoms with Crippen molar-refractivity contribution in [3.8, 4) is 11.5 Å². The van der Waals surface area contributed by atoms with Crippen LogP contribution in [0.3, 0.4) is 0 Å². The minimum atomic E-state index is -0.0951. The average Bonchev–Trinajstić information content (AvgIpc) is 3.30. The van der Waals surface area contributed by atoms with Crippen molar-refractivity contribution in [3.05, 3.63) is 30.1 Å². The lowest BCUT2D eigenvalue weighted by Crippen LogP contribution is -2.24. The van der Waals surface area contributed by atoms with Gasteiger partial charge in [-0.15, -0.1) is 5.10 Å². The molecule has 0 saturated heterocycles. The maximum absolute atomic E-state index is 12.1. The van der Waals surface area contributed by atoms with Crippen LogP contribution >= 0.6 is 11.8 Å². The molecule has 3 aromatic rings. The minimum absolute atomic E-state index is 0.0951. The lowest BCUT2D eigenvalue weighted by Gasteiger charge is -2.06. The van der Waals surface area contributed by atoms with E-state index in [2.05, 4.69) is 25.6 Å². The van der Waals surface area contributed by atoms with E-state index in [1.54, 1.807) is 4.68 Å². The first-order valence-corrected chi connectivity index (χ1v) is 9.05. The van der Waals surface area contributed by atoms with E-state index in [-0.39, 0.29) is 18.5 Å². The molecule has 0 saturated carbocycles. The zero-order valence-corrected chi connectivity index (χ0v) is 14.8. The molecule has 1 N–H and O–H groups in total. The fraction of sp³-hybridized carbons (Fsp3) is 0.312. The fourth-order valence-corrected chi connectivity index (χ4v) is 3.29. The Morgan fingerprint density at radius 2 is 2.19 bits per heavy atom. The van der Waals surface area contributed by atoms with E-state index in [9.17, 15) is 4.79 Å². The second-order valence-corrected chi connectivity index (χ2v) is 6.47. The van der Waals surface area contributed by atoms with Crippen LogP contribution in [0.25, 0.3) is 11.2 Å². The third kappa shape index (κ3) is 3.27. The van der Waals surface area contributed by atoms with Gasteiger partial charge in [-0.3, -0.25) is 4.79 Å². The van der Waals surface area contributed by atoms with Crippen LogP contribution in [0.4, 0.5) is 0 Å². The summed E-state index contributed by atoms with van der Waals surface area (Å²) >= 11 is 1.31. The topological polar surface area (TPSA) is 104 Å². The largest absolute Gasteiger partial charge is 0.454 e. The molecule has 9 nitrogen and oxygen atoms in total. The van der Waals surface area contributed by atoms with Crippen LogP contribution in [-0.4, -0.2) is 43.4 Å². The normalized spacial score (nSPS) is 12.5. The Kier molecular flexibility index (Phi) is 4.57. The molecule has 0 unspecified atom stereocenters. The summed E-state index contributed by atoms with van der Waals surface area (Å²) in [5, 5.41) is 11.7. The Morgan fingerprint density at radius 3 is 3.08 bits per heavy atom. The van der Waals surface area contributed by atoms with E-state index in [0.717, 1.165) is 11.3 Å². The van der Waals surface area contributed by atoms with Crippen LogP contribution in [0.2, 0.25) is 0 Å². The molecule has 0 atom stereocenters. The molecule has 26 heavy (non-hydrogen) atoms. The molecule has 0 aliphatic carbocycles. The smallest absolute Gasteiger partial charge is 0.231 e. The van der Waals surface area contributed by atoms with Crippen LogP contribution in [0.1, 0.15) is 12.5 Å². The van der Waals surface area contributed by atoms with Gasteiger partial charge in [0.1, 0.15) is 11.4 Å². The highest BCUT2D eigenvalue weighted by molar-refractivity contribution is 8.00. The number of thioether (sulfide) groups is 1. The molecule has 3 heterocycles. The van der Waals surface area contributed by atoms with Crippen molar-refractivity contribution in [2.24, 2.45) is 0 Å². The van der Waals surface area contributed by atoms with Crippen LogP contribution in [0.15, 0.2) is 29.6 Å². The fourth-order valence-electron chi connectivity index (χ4n) is 2.53. The number of nitrogens with zero attached hydrogens (tertiary/aromatic N) is 5. The summed E-state index contributed by atoms with van der Waals surface area (Å²) in [5.41, 5.74) is 2.23. The van der Waals surface area contributed by atoms with Gasteiger partial charge in [0.15, 0.2) is 22.7 Å². The number of carbonyl (C=O) groups is 1. The van der Waals surface area contributed by atoms with Crippen molar-refractivity contribution in [2.45, 2.75) is 25.0 Å². The Morgan fingerprint density at radius 1 is 1.31 bits per heavy atom. The van der Waals surface area contributed by atoms with Gasteiger partial charge in [0.05, 0.1) is 5.75 Å². The molecule has 0 spiro atoms. The molecule has 1 aromatic carbocycles. The third-order valence-electron chi connectivity index (χ3n) is 3.83. The molecule has 4 rings (SSSR count). The molecule has 134 valence electrons. The number of nitrogens with one attached hydrogen (secondary N) is 1. The van der Waals surface area contributed by atoms with E-state index in [1.807, 2.05) is 25.1 Å². The number of rotatable bonds is 6. The molecule has 0 bridgehead atoms. The number of fused-ring (bicyclic) bond motifs is 2. The maximum atomic E-state index is 12.1. The Bertz CT molecular complexity index is 960. The van der Waals surface area contributed by atoms with Crippen LogP contribution in [-0.2, 0) is 17.9 Å². The number of hydrogen-bond acceptors (Lipinski definition) is 8. The summed E-state index contributed by atoms with van der Waals surface area (Å²) in [6, 6.07) is 5.61. The second kappa shape index (κ2) is 7.16. The highest BCUT2D eigenvalue weighted by atomic mass is 32.2. The summed E-state index contributed by atoms with van der Waals surface area (Å²) < 4.78 is 12.3. The highest BCUT2D eigenvalue weighted by Gasteiger charge is 2.15. The number of carbonyl (C=O) groups excluding carboxylic acids is 1. The van der Waals surface area contributed by atoms with E-state index in [1.165, 1.54) is 18.1 Å². The average molecular weight is 372 g/mol. The molecule has 2 aromatic heterocycles. The van der Waals surface area contributed by atoms with Crippen LogP contribution in [0, 0.1) is 0 Å². The molecule has 0 radical (unpaired) electrons. The summed E-state index contributed by atoms with van der Waals surface area (Å²) in [6.45, 7) is 3.29. The van der Waals surface area contributed by atoms with E-state index in [0.29, 0.717) is 35.0 Å². The van der Waals surface area contributed by atoms with Gasteiger partial charge in [-0.2, -0.15) is 0 Å². The van der Waals surface area contributed by atoms with Gasteiger partial charge in [0.25, 0.3) is 0 Å². The van der Waals surface area contributed by atoms with Gasteiger partial charge in [-0.25, -0.2) is 14.6 Å². The van der Waals surface area contributed by atoms with Crippen LogP contribution in [0.5, 0.6) is 11.5 Å². The maximum Gasteiger partial charge on any atom is 0.231 e. The molecule has 1 aliphatic rings. The predicted octanol–water partition coefficient (Wildman–Crippen LogP) is 1.38. The quantitative estimate of drug-likeness (QED) is 0.511. The molecule has 0 fully saturated rings. The first-order chi connectivity index (χ1) is 12.7. The first-order valence-electron chi connectivity index (χ1n) is 8.07. The number of benzene rings is 1. The number of aryl methyl sites for hydroxylation is 1. The summed E-state index contributed by atoms with van der Waals surface area (Å²) in [6.07, 6.45) is 1.46. The Labute approximate surface area is 153 Å². The van der Waals surface area contributed by atoms with Gasteiger partial charge in [0, 0.05) is 13.1 Å². The zero-order chi connectivity index (χ0) is 17.9. The summed E-state index contributed by atoms with van der Waals surface area (Å²) in [7, 11) is 0. The second-order valence-electron chi connectivity index (χ2n) is 5.51. The van der Waals surface area contributed by atoms with Gasteiger partial charge in [-0.05, 0) is 24.6 Å². The minimum Gasteiger partial charge on any atom is -0.454 e. The lowest BCUT2D eigenvalue weighted by molar-refractivity contribution is -0.118. The monoisotopic (exact) mass is 372 g/mol.